The zero-order valence-electron chi connectivity index (χ0n) is 14.0. The number of hydrogen-bond acceptors (Lipinski definition) is 2. The summed E-state index contributed by atoms with van der Waals surface area (Å²) in [5.74, 6) is -0.138. The first-order valence-corrected chi connectivity index (χ1v) is 8.89. The lowest BCUT2D eigenvalue weighted by Gasteiger charge is -2.05. The molecule has 0 bridgehead atoms. The van der Waals surface area contributed by atoms with Gasteiger partial charge in [-0.15, -0.1) is 0 Å². The Balaban J connectivity index is 1.74. The summed E-state index contributed by atoms with van der Waals surface area (Å²) in [6.07, 6.45) is 1.80. The Labute approximate surface area is 161 Å². The number of para-hydroxylation sites is 1. The van der Waals surface area contributed by atoms with E-state index in [1.165, 1.54) is 0 Å². The highest BCUT2D eigenvalue weighted by Crippen LogP contribution is 2.34. The summed E-state index contributed by atoms with van der Waals surface area (Å²) in [6.45, 7) is 2.34. The maximum atomic E-state index is 12.3. The van der Waals surface area contributed by atoms with E-state index in [1.807, 2.05) is 55.5 Å². The Kier molecular flexibility index (Phi) is 4.31. The minimum Gasteiger partial charge on any atom is -0.321 e. The van der Waals surface area contributed by atoms with Crippen LogP contribution in [0.4, 0.5) is 5.69 Å². The van der Waals surface area contributed by atoms with Gasteiger partial charge in [-0.1, -0.05) is 59.6 Å². The number of benzene rings is 2. The van der Waals surface area contributed by atoms with Crippen LogP contribution in [0.1, 0.15) is 22.4 Å². The lowest BCUT2D eigenvalue weighted by molar-refractivity contribution is -0.110. The Morgan fingerprint density at radius 3 is 2.65 bits per heavy atom. The van der Waals surface area contributed by atoms with Gasteiger partial charge in [0.05, 0.1) is 12.2 Å². The number of halogens is 2. The number of amides is 1. The second-order valence-electron chi connectivity index (χ2n) is 6.10. The van der Waals surface area contributed by atoms with Crippen molar-refractivity contribution in [1.82, 2.24) is 9.78 Å². The Bertz CT molecular complexity index is 1050. The van der Waals surface area contributed by atoms with Crippen molar-refractivity contribution < 1.29 is 4.79 Å². The van der Waals surface area contributed by atoms with E-state index in [9.17, 15) is 4.79 Å². The molecule has 0 saturated heterocycles. The molecule has 0 atom stereocenters. The van der Waals surface area contributed by atoms with Crippen LogP contribution in [0, 0.1) is 6.92 Å². The molecule has 4 rings (SSSR count). The lowest BCUT2D eigenvalue weighted by atomic mass is 10.0. The van der Waals surface area contributed by atoms with Crippen LogP contribution in [0.3, 0.4) is 0 Å². The number of aryl methyl sites for hydroxylation is 1. The Morgan fingerprint density at radius 2 is 1.85 bits per heavy atom. The molecule has 0 radical (unpaired) electrons. The SMILES string of the molecule is Cc1nn(Cc2ccccc2Cl)c(Cl)c1C=C1C(=O)Nc2ccccc21. The van der Waals surface area contributed by atoms with Crippen molar-refractivity contribution in [1.29, 1.82) is 0 Å². The molecule has 6 heteroatoms. The second-order valence-corrected chi connectivity index (χ2v) is 6.86. The van der Waals surface area contributed by atoms with Crippen LogP contribution in [0.2, 0.25) is 10.2 Å². The quantitative estimate of drug-likeness (QED) is 0.643. The molecule has 0 unspecified atom stereocenters. The van der Waals surface area contributed by atoms with Crippen molar-refractivity contribution in [2.45, 2.75) is 13.5 Å². The molecule has 1 aromatic heterocycles. The molecule has 2 aromatic carbocycles. The van der Waals surface area contributed by atoms with Crippen LogP contribution >= 0.6 is 23.2 Å². The Hall–Kier alpha value is -2.56. The maximum Gasteiger partial charge on any atom is 0.256 e. The standard InChI is InChI=1S/C20H15Cl2N3O/c1-12-15(10-16-14-7-3-5-9-18(14)23-20(16)26)19(22)25(24-12)11-13-6-2-4-8-17(13)21/h2-10H,11H2,1H3,(H,23,26). The molecule has 0 saturated carbocycles. The predicted molar refractivity (Wildman–Crippen MR) is 105 cm³/mol. The number of anilines is 1. The average molecular weight is 384 g/mol. The molecule has 0 fully saturated rings. The van der Waals surface area contributed by atoms with E-state index >= 15 is 0 Å². The normalized spacial score (nSPS) is 14.6. The van der Waals surface area contributed by atoms with Crippen molar-refractivity contribution in [3.8, 4) is 0 Å². The molecule has 26 heavy (non-hydrogen) atoms. The van der Waals surface area contributed by atoms with Gasteiger partial charge in [0.2, 0.25) is 0 Å². The van der Waals surface area contributed by atoms with E-state index in [0.29, 0.717) is 22.3 Å². The summed E-state index contributed by atoms with van der Waals surface area (Å²) in [4.78, 5) is 12.3. The lowest BCUT2D eigenvalue weighted by Crippen LogP contribution is -2.03. The topological polar surface area (TPSA) is 46.9 Å². The second kappa shape index (κ2) is 6.63. The summed E-state index contributed by atoms with van der Waals surface area (Å²) >= 11 is 12.8. The maximum absolute atomic E-state index is 12.3. The summed E-state index contributed by atoms with van der Waals surface area (Å²) in [7, 11) is 0. The number of carbonyl (C=O) groups is 1. The molecule has 130 valence electrons. The highest BCUT2D eigenvalue weighted by molar-refractivity contribution is 6.36. The number of rotatable bonds is 3. The molecular weight excluding hydrogens is 369 g/mol. The molecule has 1 amide bonds. The van der Waals surface area contributed by atoms with E-state index in [0.717, 1.165) is 28.1 Å². The van der Waals surface area contributed by atoms with E-state index in [4.69, 9.17) is 23.2 Å². The van der Waals surface area contributed by atoms with E-state index < -0.39 is 0 Å². The van der Waals surface area contributed by atoms with Gasteiger partial charge in [-0.05, 0) is 30.7 Å². The first-order chi connectivity index (χ1) is 12.5. The minimum atomic E-state index is -0.138. The highest BCUT2D eigenvalue weighted by atomic mass is 35.5. The zero-order valence-corrected chi connectivity index (χ0v) is 15.5. The van der Waals surface area contributed by atoms with Gasteiger partial charge in [-0.3, -0.25) is 4.79 Å². The Morgan fingerprint density at radius 1 is 1.12 bits per heavy atom. The molecule has 1 aliphatic rings. The molecule has 4 nitrogen and oxygen atoms in total. The van der Waals surface area contributed by atoms with Crippen LogP contribution in [0.15, 0.2) is 48.5 Å². The number of hydrogen-bond donors (Lipinski definition) is 1. The van der Waals surface area contributed by atoms with Gasteiger partial charge in [-0.25, -0.2) is 4.68 Å². The van der Waals surface area contributed by atoms with Gasteiger partial charge in [0, 0.05) is 27.4 Å². The highest BCUT2D eigenvalue weighted by Gasteiger charge is 2.25. The van der Waals surface area contributed by atoms with Crippen molar-refractivity contribution in [3.63, 3.8) is 0 Å². The van der Waals surface area contributed by atoms with Crippen molar-refractivity contribution in [3.05, 3.63) is 81.1 Å². The van der Waals surface area contributed by atoms with Crippen molar-refractivity contribution in [2.75, 3.05) is 5.32 Å². The molecule has 2 heterocycles. The van der Waals surface area contributed by atoms with E-state index in [1.54, 1.807) is 10.8 Å². The molecule has 0 aliphatic carbocycles. The molecule has 0 spiro atoms. The van der Waals surface area contributed by atoms with Gasteiger partial charge in [0.1, 0.15) is 5.15 Å². The van der Waals surface area contributed by atoms with Gasteiger partial charge in [-0.2, -0.15) is 5.10 Å². The third-order valence-electron chi connectivity index (χ3n) is 4.39. The first kappa shape index (κ1) is 16.9. The summed E-state index contributed by atoms with van der Waals surface area (Å²) in [6, 6.07) is 15.2. The van der Waals surface area contributed by atoms with Gasteiger partial charge in [0.25, 0.3) is 5.91 Å². The predicted octanol–water partition coefficient (Wildman–Crippen LogP) is 5.04. The number of carbonyl (C=O) groups excluding carboxylic acids is 1. The fourth-order valence-corrected chi connectivity index (χ4v) is 3.53. The first-order valence-electron chi connectivity index (χ1n) is 8.13. The smallest absolute Gasteiger partial charge is 0.256 e. The van der Waals surface area contributed by atoms with Gasteiger partial charge >= 0.3 is 0 Å². The fraction of sp³-hybridized carbons (Fsp3) is 0.100. The van der Waals surface area contributed by atoms with Gasteiger partial charge < -0.3 is 5.32 Å². The summed E-state index contributed by atoms with van der Waals surface area (Å²) in [5, 5.41) is 8.53. The van der Waals surface area contributed by atoms with Crippen LogP contribution in [-0.4, -0.2) is 15.7 Å². The number of fused-ring (bicyclic) bond motifs is 1. The number of nitrogens with one attached hydrogen (secondary N) is 1. The van der Waals surface area contributed by atoms with Crippen molar-refractivity contribution >= 4 is 46.4 Å². The van der Waals surface area contributed by atoms with Crippen LogP contribution < -0.4 is 5.32 Å². The summed E-state index contributed by atoms with van der Waals surface area (Å²) in [5.41, 5.74) is 4.68. The fourth-order valence-electron chi connectivity index (χ4n) is 3.05. The number of nitrogens with zero attached hydrogens (tertiary/aromatic N) is 2. The molecule has 3 aromatic rings. The third-order valence-corrected chi connectivity index (χ3v) is 5.15. The van der Waals surface area contributed by atoms with E-state index in [-0.39, 0.29) is 5.91 Å². The summed E-state index contributed by atoms with van der Waals surface area (Å²) < 4.78 is 1.70. The monoisotopic (exact) mass is 383 g/mol. The zero-order chi connectivity index (χ0) is 18.3. The largest absolute Gasteiger partial charge is 0.321 e. The van der Waals surface area contributed by atoms with Gasteiger partial charge in [0.15, 0.2) is 0 Å². The average Bonchev–Trinajstić information content (AvgIpc) is 3.08. The van der Waals surface area contributed by atoms with Crippen LogP contribution in [0.25, 0.3) is 11.6 Å². The van der Waals surface area contributed by atoms with Crippen LogP contribution in [-0.2, 0) is 11.3 Å². The van der Waals surface area contributed by atoms with Crippen LogP contribution in [0.5, 0.6) is 0 Å². The number of aromatic nitrogens is 2. The van der Waals surface area contributed by atoms with E-state index in [2.05, 4.69) is 10.4 Å². The minimum absolute atomic E-state index is 0.138. The molecule has 1 aliphatic heterocycles. The molecule has 1 N–H and O–H groups in total. The third kappa shape index (κ3) is 2.91. The molecular formula is C20H15Cl2N3O. The van der Waals surface area contributed by atoms with Crippen molar-refractivity contribution in [2.24, 2.45) is 0 Å².